The Hall–Kier alpha value is -0.540. The van der Waals surface area contributed by atoms with Crippen LogP contribution in [0.3, 0.4) is 0 Å². The lowest BCUT2D eigenvalue weighted by Crippen LogP contribution is -1.92. The zero-order valence-corrected chi connectivity index (χ0v) is 9.40. The smallest absolute Gasteiger partial charge is 0.211 e. The van der Waals surface area contributed by atoms with Crippen LogP contribution in [0.25, 0.3) is 0 Å². The number of aliphatic imine (C=N–C) groups is 2. The van der Waals surface area contributed by atoms with Crippen LogP contribution in [0.4, 0.5) is 0 Å². The van der Waals surface area contributed by atoms with E-state index >= 15 is 0 Å². The molecule has 0 aliphatic rings. The van der Waals surface area contributed by atoms with Crippen LogP contribution in [0.5, 0.6) is 0 Å². The van der Waals surface area contributed by atoms with E-state index in [4.69, 9.17) is 0 Å². The fraction of sp³-hybridized carbons (Fsp3) is 0.750. The standard InChI is InChI=1S/C8H12N2O2S2/c11-7-9-1-3-13-5-6-14-4-2-10-8-12/h1-6H2. The third-order valence-corrected chi connectivity index (χ3v) is 3.38. The number of isocyanates is 2. The van der Waals surface area contributed by atoms with Gasteiger partial charge in [0.25, 0.3) is 0 Å². The highest BCUT2D eigenvalue weighted by molar-refractivity contribution is 8.02. The molecule has 0 heterocycles. The molecule has 4 nitrogen and oxygen atoms in total. The molecule has 78 valence electrons. The highest BCUT2D eigenvalue weighted by atomic mass is 32.2. The lowest BCUT2D eigenvalue weighted by Gasteiger charge is -1.97. The van der Waals surface area contributed by atoms with Crippen molar-refractivity contribution in [3.8, 4) is 0 Å². The van der Waals surface area contributed by atoms with Gasteiger partial charge in [0.05, 0.1) is 13.1 Å². The second kappa shape index (κ2) is 12.5. The van der Waals surface area contributed by atoms with Crippen molar-refractivity contribution < 1.29 is 9.59 Å². The molecule has 0 unspecified atom stereocenters. The lowest BCUT2D eigenvalue weighted by molar-refractivity contribution is 0.562. The number of carbonyl (C=O) groups excluding carboxylic acids is 2. The van der Waals surface area contributed by atoms with Crippen LogP contribution in [-0.4, -0.2) is 48.3 Å². The fourth-order valence-corrected chi connectivity index (χ4v) is 2.43. The van der Waals surface area contributed by atoms with Crippen molar-refractivity contribution >= 4 is 35.7 Å². The van der Waals surface area contributed by atoms with Crippen molar-refractivity contribution in [2.24, 2.45) is 9.98 Å². The quantitative estimate of drug-likeness (QED) is 0.339. The van der Waals surface area contributed by atoms with Crippen LogP contribution >= 0.6 is 23.5 Å². The molecule has 0 saturated heterocycles. The monoisotopic (exact) mass is 232 g/mol. The first-order valence-electron chi connectivity index (χ1n) is 4.14. The van der Waals surface area contributed by atoms with Crippen LogP contribution in [0.2, 0.25) is 0 Å². The maximum Gasteiger partial charge on any atom is 0.234 e. The summed E-state index contributed by atoms with van der Waals surface area (Å²) in [7, 11) is 0. The Balaban J connectivity index is 2.98. The summed E-state index contributed by atoms with van der Waals surface area (Å²) >= 11 is 3.51. The van der Waals surface area contributed by atoms with E-state index in [1.807, 2.05) is 0 Å². The summed E-state index contributed by atoms with van der Waals surface area (Å²) in [5.74, 6) is 3.79. The third kappa shape index (κ3) is 11.5. The summed E-state index contributed by atoms with van der Waals surface area (Å²) in [6.07, 6.45) is 3.00. The molecule has 0 radical (unpaired) electrons. The van der Waals surface area contributed by atoms with Gasteiger partial charge in [0.2, 0.25) is 12.2 Å². The summed E-state index contributed by atoms with van der Waals surface area (Å²) in [5.41, 5.74) is 0. The van der Waals surface area contributed by atoms with Gasteiger partial charge in [-0.15, -0.1) is 0 Å². The largest absolute Gasteiger partial charge is 0.234 e. The van der Waals surface area contributed by atoms with Gasteiger partial charge in [-0.2, -0.15) is 23.5 Å². The van der Waals surface area contributed by atoms with Gasteiger partial charge in [-0.3, -0.25) is 0 Å². The van der Waals surface area contributed by atoms with Gasteiger partial charge in [-0.25, -0.2) is 19.6 Å². The Morgan fingerprint density at radius 2 is 1.21 bits per heavy atom. The summed E-state index contributed by atoms with van der Waals surface area (Å²) in [5, 5.41) is 0. The molecule has 0 spiro atoms. The molecule has 0 aromatic heterocycles. The van der Waals surface area contributed by atoms with E-state index in [1.165, 1.54) is 12.2 Å². The van der Waals surface area contributed by atoms with Gasteiger partial charge in [-0.05, 0) is 0 Å². The minimum atomic E-state index is 0.550. The molecule has 6 heteroatoms. The van der Waals surface area contributed by atoms with E-state index in [0.717, 1.165) is 23.0 Å². The van der Waals surface area contributed by atoms with E-state index < -0.39 is 0 Å². The van der Waals surface area contributed by atoms with Crippen molar-refractivity contribution in [1.29, 1.82) is 0 Å². The molecular formula is C8H12N2O2S2. The predicted molar refractivity (Wildman–Crippen MR) is 60.6 cm³/mol. The number of hydrogen-bond acceptors (Lipinski definition) is 6. The van der Waals surface area contributed by atoms with Crippen molar-refractivity contribution in [3.05, 3.63) is 0 Å². The molecule has 0 saturated carbocycles. The fourth-order valence-electron chi connectivity index (χ4n) is 0.634. The van der Waals surface area contributed by atoms with E-state index in [-0.39, 0.29) is 0 Å². The van der Waals surface area contributed by atoms with E-state index in [1.54, 1.807) is 23.5 Å². The molecule has 0 aromatic rings. The average molecular weight is 232 g/mol. The maximum absolute atomic E-state index is 9.69. The summed E-state index contributed by atoms with van der Waals surface area (Å²) < 4.78 is 0. The zero-order chi connectivity index (χ0) is 10.5. The van der Waals surface area contributed by atoms with Crippen LogP contribution in [0.15, 0.2) is 9.98 Å². The summed E-state index contributed by atoms with van der Waals surface area (Å²) in [6, 6.07) is 0. The first-order chi connectivity index (χ1) is 6.91. The van der Waals surface area contributed by atoms with Crippen molar-refractivity contribution in [2.45, 2.75) is 0 Å². The zero-order valence-electron chi connectivity index (χ0n) is 7.77. The van der Waals surface area contributed by atoms with E-state index in [2.05, 4.69) is 9.98 Å². The summed E-state index contributed by atoms with van der Waals surface area (Å²) in [4.78, 5) is 26.3. The van der Waals surface area contributed by atoms with Crippen LogP contribution in [-0.2, 0) is 9.59 Å². The first kappa shape index (κ1) is 13.5. The predicted octanol–water partition coefficient (Wildman–Crippen LogP) is 1.12. The van der Waals surface area contributed by atoms with Crippen molar-refractivity contribution in [1.82, 2.24) is 0 Å². The number of nitrogens with zero attached hydrogens (tertiary/aromatic N) is 2. The normalized spacial score (nSPS) is 8.86. The highest BCUT2D eigenvalue weighted by Crippen LogP contribution is 2.06. The number of hydrogen-bond donors (Lipinski definition) is 0. The van der Waals surface area contributed by atoms with Gasteiger partial charge in [-0.1, -0.05) is 0 Å². The average Bonchev–Trinajstić information content (AvgIpc) is 2.21. The minimum absolute atomic E-state index is 0.550. The van der Waals surface area contributed by atoms with Gasteiger partial charge < -0.3 is 0 Å². The molecule has 14 heavy (non-hydrogen) atoms. The van der Waals surface area contributed by atoms with E-state index in [0.29, 0.717) is 13.1 Å². The first-order valence-corrected chi connectivity index (χ1v) is 6.45. The van der Waals surface area contributed by atoms with Crippen LogP contribution in [0, 0.1) is 0 Å². The van der Waals surface area contributed by atoms with Crippen molar-refractivity contribution in [2.75, 3.05) is 36.1 Å². The van der Waals surface area contributed by atoms with Crippen molar-refractivity contribution in [3.63, 3.8) is 0 Å². The Labute approximate surface area is 91.7 Å². The Kier molecular flexibility index (Phi) is 12.0. The molecule has 0 aliphatic heterocycles. The summed E-state index contributed by atoms with van der Waals surface area (Å²) in [6.45, 7) is 1.10. The molecule has 0 atom stereocenters. The highest BCUT2D eigenvalue weighted by Gasteiger charge is 1.90. The molecule has 0 fully saturated rings. The molecular weight excluding hydrogens is 220 g/mol. The topological polar surface area (TPSA) is 58.9 Å². The Morgan fingerprint density at radius 3 is 1.57 bits per heavy atom. The molecule has 0 amide bonds. The van der Waals surface area contributed by atoms with Gasteiger partial charge >= 0.3 is 0 Å². The van der Waals surface area contributed by atoms with Crippen LogP contribution < -0.4 is 0 Å². The third-order valence-electron chi connectivity index (χ3n) is 1.20. The molecule has 0 N–H and O–H groups in total. The van der Waals surface area contributed by atoms with Gasteiger partial charge in [0.1, 0.15) is 0 Å². The Bertz CT molecular complexity index is 199. The van der Waals surface area contributed by atoms with Gasteiger partial charge in [0, 0.05) is 23.0 Å². The molecule has 0 rings (SSSR count). The second-order valence-electron chi connectivity index (χ2n) is 2.17. The Morgan fingerprint density at radius 1 is 0.786 bits per heavy atom. The minimum Gasteiger partial charge on any atom is -0.211 e. The molecule has 0 bridgehead atoms. The maximum atomic E-state index is 9.69. The van der Waals surface area contributed by atoms with E-state index in [9.17, 15) is 9.59 Å². The van der Waals surface area contributed by atoms with Crippen LogP contribution in [0.1, 0.15) is 0 Å². The molecule has 0 aromatic carbocycles. The second-order valence-corrected chi connectivity index (χ2v) is 4.62. The SMILES string of the molecule is O=C=NCCSCCSCCN=C=O. The lowest BCUT2D eigenvalue weighted by atomic mass is 10.8. The number of rotatable bonds is 9. The number of thioether (sulfide) groups is 2. The molecule has 0 aliphatic carbocycles. The van der Waals surface area contributed by atoms with Gasteiger partial charge in [0.15, 0.2) is 0 Å².